The van der Waals surface area contributed by atoms with Gasteiger partial charge in [-0.3, -0.25) is 0 Å². The Hall–Kier alpha value is 0.186. The molecule has 0 aromatic rings. The van der Waals surface area contributed by atoms with Gasteiger partial charge in [0.05, 0.1) is 0 Å². The maximum absolute atomic E-state index is 7.18. The minimum absolute atomic E-state index is 0. The van der Waals surface area contributed by atoms with Crippen molar-refractivity contribution in [2.24, 2.45) is 0 Å². The standard InChI is InChI=1S/2CHNS.Co/c2*2-1-3;/h2*3H;. The quantitative estimate of drug-likeness (QED) is 0.424. The van der Waals surface area contributed by atoms with E-state index in [2.05, 4.69) is 25.3 Å². The number of hydrogen-bond acceptors (Lipinski definition) is 4. The zero-order chi connectivity index (χ0) is 5.41. The molecule has 0 unspecified atom stereocenters. The Bertz CT molecular complexity index is 68.7. The van der Waals surface area contributed by atoms with Crippen molar-refractivity contribution in [3.8, 4) is 10.8 Å². The van der Waals surface area contributed by atoms with Gasteiger partial charge in [-0.15, -0.1) is 0 Å². The minimum Gasteiger partial charge on any atom is -0.185 e. The number of rotatable bonds is 0. The molecule has 0 aromatic carbocycles. The molecule has 0 heterocycles. The fraction of sp³-hybridized carbons (Fsp3) is 0. The van der Waals surface area contributed by atoms with Crippen molar-refractivity contribution in [1.29, 1.82) is 10.5 Å². The summed E-state index contributed by atoms with van der Waals surface area (Å²) in [6, 6.07) is 0. The van der Waals surface area contributed by atoms with Crippen LogP contribution < -0.4 is 0 Å². The second-order valence-electron chi connectivity index (χ2n) is 0.200. The number of hydrogen-bond donors (Lipinski definition) is 2. The summed E-state index contributed by atoms with van der Waals surface area (Å²) < 4.78 is 0. The Morgan fingerprint density at radius 2 is 1.00 bits per heavy atom. The third-order valence-electron chi connectivity index (χ3n) is 0. The molecule has 7 heavy (non-hydrogen) atoms. The molecule has 2 nitrogen and oxygen atoms in total. The summed E-state index contributed by atoms with van der Waals surface area (Å²) in [6.07, 6.45) is 0. The predicted molar refractivity (Wildman–Crippen MR) is 29.2 cm³/mol. The van der Waals surface area contributed by atoms with Gasteiger partial charge in [-0.2, -0.15) is 10.5 Å². The monoisotopic (exact) mass is 177 g/mol. The van der Waals surface area contributed by atoms with Crippen molar-refractivity contribution < 1.29 is 16.8 Å². The maximum atomic E-state index is 7.18. The average molecular weight is 177 g/mol. The van der Waals surface area contributed by atoms with Crippen LogP contribution in [0.1, 0.15) is 0 Å². The minimum atomic E-state index is 0. The summed E-state index contributed by atoms with van der Waals surface area (Å²) in [7, 11) is 0. The van der Waals surface area contributed by atoms with Crippen LogP contribution in [-0.2, 0) is 16.8 Å². The average Bonchev–Trinajstić information content (AvgIpc) is 1.39. The molecule has 0 spiro atoms. The molecule has 0 aromatic heterocycles. The van der Waals surface area contributed by atoms with Crippen LogP contribution in [0.5, 0.6) is 0 Å². The van der Waals surface area contributed by atoms with E-state index in [9.17, 15) is 0 Å². The molecule has 0 fully saturated rings. The maximum Gasteiger partial charge on any atom is 0.130 e. The largest absolute Gasteiger partial charge is 0.185 e. The summed E-state index contributed by atoms with van der Waals surface area (Å²) in [5, 5.41) is 17.3. The topological polar surface area (TPSA) is 47.6 Å². The van der Waals surface area contributed by atoms with Crippen LogP contribution in [0.3, 0.4) is 0 Å². The molecule has 41 valence electrons. The van der Waals surface area contributed by atoms with Gasteiger partial charge in [0.25, 0.3) is 0 Å². The molecule has 0 saturated heterocycles. The van der Waals surface area contributed by atoms with E-state index in [-0.39, 0.29) is 16.8 Å². The molecule has 0 aliphatic rings. The molecule has 5 heteroatoms. The van der Waals surface area contributed by atoms with Gasteiger partial charge in [0.15, 0.2) is 0 Å². The normalized spacial score (nSPS) is 2.29. The Morgan fingerprint density at radius 3 is 1.00 bits per heavy atom. The van der Waals surface area contributed by atoms with E-state index in [4.69, 9.17) is 10.5 Å². The molecule has 0 aliphatic heterocycles. The summed E-state index contributed by atoms with van der Waals surface area (Å²) in [5.41, 5.74) is 0. The van der Waals surface area contributed by atoms with E-state index in [0.29, 0.717) is 0 Å². The molecule has 0 aliphatic carbocycles. The van der Waals surface area contributed by atoms with Gasteiger partial charge in [-0.25, -0.2) is 0 Å². The van der Waals surface area contributed by atoms with Crippen LogP contribution in [0, 0.1) is 21.3 Å². The second-order valence-corrected chi connectivity index (χ2v) is 0.600. The fourth-order valence-electron chi connectivity index (χ4n) is 0. The first kappa shape index (κ1) is 15.7. The van der Waals surface area contributed by atoms with E-state index < -0.39 is 0 Å². The summed E-state index contributed by atoms with van der Waals surface area (Å²) in [5.74, 6) is 0. The van der Waals surface area contributed by atoms with Crippen LogP contribution in [-0.4, -0.2) is 0 Å². The molecule has 0 rings (SSSR count). The molecular weight excluding hydrogens is 175 g/mol. The van der Waals surface area contributed by atoms with E-state index >= 15 is 0 Å². The molecule has 0 bridgehead atoms. The number of nitrogens with zero attached hydrogens (tertiary/aromatic N) is 2. The molecular formula is C2H2CoN2S2. The van der Waals surface area contributed by atoms with Gasteiger partial charge >= 0.3 is 0 Å². The summed E-state index contributed by atoms with van der Waals surface area (Å²) in [4.78, 5) is 0. The van der Waals surface area contributed by atoms with E-state index in [1.165, 1.54) is 10.8 Å². The first-order chi connectivity index (χ1) is 2.83. The van der Waals surface area contributed by atoms with Crippen LogP contribution in [0.2, 0.25) is 0 Å². The van der Waals surface area contributed by atoms with Crippen LogP contribution in [0.4, 0.5) is 0 Å². The van der Waals surface area contributed by atoms with Crippen LogP contribution in [0.15, 0.2) is 0 Å². The van der Waals surface area contributed by atoms with Crippen molar-refractivity contribution >= 4 is 25.3 Å². The van der Waals surface area contributed by atoms with Crippen molar-refractivity contribution in [3.63, 3.8) is 0 Å². The van der Waals surface area contributed by atoms with E-state index in [0.717, 1.165) is 0 Å². The van der Waals surface area contributed by atoms with Gasteiger partial charge in [0.1, 0.15) is 10.8 Å². The van der Waals surface area contributed by atoms with Crippen LogP contribution in [0.25, 0.3) is 0 Å². The van der Waals surface area contributed by atoms with Crippen molar-refractivity contribution in [3.05, 3.63) is 0 Å². The molecule has 1 radical (unpaired) electrons. The van der Waals surface area contributed by atoms with Crippen molar-refractivity contribution in [1.82, 2.24) is 0 Å². The molecule has 0 N–H and O–H groups in total. The van der Waals surface area contributed by atoms with Gasteiger partial charge in [0.2, 0.25) is 0 Å². The number of nitriles is 2. The Morgan fingerprint density at radius 1 is 1.00 bits per heavy atom. The van der Waals surface area contributed by atoms with Crippen molar-refractivity contribution in [2.45, 2.75) is 0 Å². The Kier molecular flexibility index (Phi) is 78.0. The zero-order valence-corrected chi connectivity index (χ0v) is 5.95. The SMILES string of the molecule is N#CS.N#CS.[Co]. The molecule has 0 amide bonds. The zero-order valence-electron chi connectivity index (χ0n) is 3.12. The predicted octanol–water partition coefficient (Wildman–Crippen LogP) is 0.792. The fourth-order valence-corrected chi connectivity index (χ4v) is 0. The first-order valence-electron chi connectivity index (χ1n) is 0.894. The smallest absolute Gasteiger partial charge is 0.130 e. The second kappa shape index (κ2) is 34.8. The summed E-state index contributed by atoms with van der Waals surface area (Å²) in [6.45, 7) is 0. The third kappa shape index (κ3) is 3120. The Balaban J connectivity index is -0.0000000400. The van der Waals surface area contributed by atoms with Gasteiger partial charge in [-0.05, 0) is 0 Å². The van der Waals surface area contributed by atoms with Crippen LogP contribution >= 0.6 is 25.3 Å². The van der Waals surface area contributed by atoms with Gasteiger partial charge in [-0.1, -0.05) is 25.3 Å². The molecule has 0 atom stereocenters. The van der Waals surface area contributed by atoms with E-state index in [1.54, 1.807) is 0 Å². The first-order valence-corrected chi connectivity index (χ1v) is 1.79. The Labute approximate surface area is 63.5 Å². The summed E-state index contributed by atoms with van der Waals surface area (Å²) >= 11 is 6.19. The number of thiocyanates is 2. The van der Waals surface area contributed by atoms with Gasteiger partial charge < -0.3 is 0 Å². The van der Waals surface area contributed by atoms with Crippen molar-refractivity contribution in [2.75, 3.05) is 0 Å². The number of thiol groups is 2. The van der Waals surface area contributed by atoms with Gasteiger partial charge in [0, 0.05) is 16.8 Å². The van der Waals surface area contributed by atoms with E-state index in [1.807, 2.05) is 0 Å². The molecule has 0 saturated carbocycles. The third-order valence-corrected chi connectivity index (χ3v) is 0.